The van der Waals surface area contributed by atoms with Crippen LogP contribution in [0, 0.1) is 0 Å². The van der Waals surface area contributed by atoms with E-state index in [1.807, 2.05) is 0 Å². The van der Waals surface area contributed by atoms with Crippen molar-refractivity contribution >= 4 is 40.6 Å². The van der Waals surface area contributed by atoms with Crippen LogP contribution in [0.15, 0.2) is 12.1 Å². The van der Waals surface area contributed by atoms with Crippen molar-refractivity contribution in [1.29, 1.82) is 0 Å². The molecule has 1 aromatic rings. The Morgan fingerprint density at radius 3 is 2.57 bits per heavy atom. The molecule has 0 heterocycles. The number of carbonyl (C=O) groups excluding carboxylic acids is 1. The average Bonchev–Trinajstić information content (AvgIpc) is 2.11. The van der Waals surface area contributed by atoms with E-state index in [0.29, 0.717) is 5.02 Å². The molecule has 76 valence electrons. The maximum atomic E-state index is 11.4. The third kappa shape index (κ3) is 2.61. The van der Waals surface area contributed by atoms with Crippen molar-refractivity contribution in [1.82, 2.24) is 0 Å². The van der Waals surface area contributed by atoms with Crippen LogP contribution in [0.4, 0.5) is 0 Å². The van der Waals surface area contributed by atoms with Gasteiger partial charge in [-0.1, -0.05) is 34.8 Å². The first kappa shape index (κ1) is 11.8. The number of hydrogen-bond donors (Lipinski definition) is 0. The van der Waals surface area contributed by atoms with Gasteiger partial charge in [0.15, 0.2) is 5.78 Å². The second-order valence-corrected chi connectivity index (χ2v) is 3.83. The van der Waals surface area contributed by atoms with Gasteiger partial charge in [-0.2, -0.15) is 0 Å². The van der Waals surface area contributed by atoms with Gasteiger partial charge in [0.1, 0.15) is 6.61 Å². The standard InChI is InChI=1S/C9H7Cl3O2/c1-14-4-8(13)6-2-5(10)3-7(11)9(6)12/h2-3H,4H2,1H3. The normalized spacial score (nSPS) is 10.3. The van der Waals surface area contributed by atoms with Gasteiger partial charge >= 0.3 is 0 Å². The number of hydrogen-bond acceptors (Lipinski definition) is 2. The molecule has 1 rings (SSSR count). The number of halogens is 3. The highest BCUT2D eigenvalue weighted by molar-refractivity contribution is 6.45. The quantitative estimate of drug-likeness (QED) is 0.609. The van der Waals surface area contributed by atoms with E-state index < -0.39 is 0 Å². The molecule has 0 bridgehead atoms. The third-order valence-electron chi connectivity index (χ3n) is 1.57. The molecular weight excluding hydrogens is 246 g/mol. The Morgan fingerprint density at radius 1 is 1.36 bits per heavy atom. The van der Waals surface area contributed by atoms with Crippen molar-refractivity contribution in [3.63, 3.8) is 0 Å². The average molecular weight is 254 g/mol. The number of rotatable bonds is 3. The minimum atomic E-state index is -0.248. The second-order valence-electron chi connectivity index (χ2n) is 2.61. The number of carbonyl (C=O) groups is 1. The molecule has 14 heavy (non-hydrogen) atoms. The van der Waals surface area contributed by atoms with Crippen LogP contribution in [-0.2, 0) is 4.74 Å². The van der Waals surface area contributed by atoms with Crippen LogP contribution < -0.4 is 0 Å². The van der Waals surface area contributed by atoms with Crippen LogP contribution >= 0.6 is 34.8 Å². The fraction of sp³-hybridized carbons (Fsp3) is 0.222. The zero-order valence-corrected chi connectivity index (χ0v) is 9.58. The highest BCUT2D eigenvalue weighted by Gasteiger charge is 2.13. The van der Waals surface area contributed by atoms with E-state index in [9.17, 15) is 4.79 Å². The summed E-state index contributed by atoms with van der Waals surface area (Å²) in [5.74, 6) is -0.248. The lowest BCUT2D eigenvalue weighted by Crippen LogP contribution is -2.07. The molecular formula is C9H7Cl3O2. The lowest BCUT2D eigenvalue weighted by atomic mass is 10.1. The minimum Gasteiger partial charge on any atom is -0.377 e. The molecule has 0 aromatic heterocycles. The summed E-state index contributed by atoms with van der Waals surface area (Å²) in [4.78, 5) is 11.4. The van der Waals surface area contributed by atoms with Crippen LogP contribution in [0.3, 0.4) is 0 Å². The van der Waals surface area contributed by atoms with Gasteiger partial charge in [0.2, 0.25) is 0 Å². The van der Waals surface area contributed by atoms with E-state index in [1.54, 1.807) is 0 Å². The molecule has 0 aliphatic carbocycles. The SMILES string of the molecule is COCC(=O)c1cc(Cl)cc(Cl)c1Cl. The van der Waals surface area contributed by atoms with Crippen molar-refractivity contribution in [3.8, 4) is 0 Å². The van der Waals surface area contributed by atoms with Crippen LogP contribution in [0.2, 0.25) is 15.1 Å². The van der Waals surface area contributed by atoms with Crippen LogP contribution in [0.5, 0.6) is 0 Å². The minimum absolute atomic E-state index is 0.0452. The molecule has 0 saturated heterocycles. The summed E-state index contributed by atoms with van der Waals surface area (Å²) in [6.07, 6.45) is 0. The Kier molecular flexibility index (Phi) is 4.20. The highest BCUT2D eigenvalue weighted by atomic mass is 35.5. The van der Waals surface area contributed by atoms with Crippen molar-refractivity contribution in [3.05, 3.63) is 32.8 Å². The molecule has 0 amide bonds. The summed E-state index contributed by atoms with van der Waals surface area (Å²) in [7, 11) is 1.43. The summed E-state index contributed by atoms with van der Waals surface area (Å²) >= 11 is 17.3. The topological polar surface area (TPSA) is 26.3 Å². The first-order valence-electron chi connectivity index (χ1n) is 3.73. The monoisotopic (exact) mass is 252 g/mol. The third-order valence-corrected chi connectivity index (χ3v) is 2.59. The van der Waals surface area contributed by atoms with Gasteiger partial charge in [0.25, 0.3) is 0 Å². The Bertz CT molecular complexity index is 363. The molecule has 0 N–H and O–H groups in total. The smallest absolute Gasteiger partial charge is 0.190 e. The molecule has 0 aliphatic rings. The summed E-state index contributed by atoms with van der Waals surface area (Å²) in [5.41, 5.74) is 0.283. The zero-order valence-electron chi connectivity index (χ0n) is 7.31. The summed E-state index contributed by atoms with van der Waals surface area (Å²) < 4.78 is 4.70. The first-order valence-corrected chi connectivity index (χ1v) is 4.86. The van der Waals surface area contributed by atoms with Gasteiger partial charge in [-0.25, -0.2) is 0 Å². The molecule has 1 aromatic carbocycles. The molecule has 5 heteroatoms. The summed E-state index contributed by atoms with van der Waals surface area (Å²) in [5, 5.41) is 0.843. The predicted octanol–water partition coefficient (Wildman–Crippen LogP) is 3.48. The number of ether oxygens (including phenoxy) is 1. The Labute approximate surface area is 96.7 Å². The number of benzene rings is 1. The number of Topliss-reactive ketones (excluding diaryl/α,β-unsaturated/α-hetero) is 1. The Hall–Kier alpha value is -0.280. The Balaban J connectivity index is 3.13. The van der Waals surface area contributed by atoms with E-state index in [0.717, 1.165) is 0 Å². The van der Waals surface area contributed by atoms with Gasteiger partial charge in [0.05, 0.1) is 10.0 Å². The van der Waals surface area contributed by atoms with Gasteiger partial charge in [0, 0.05) is 17.7 Å². The van der Waals surface area contributed by atoms with Crippen molar-refractivity contribution in [2.45, 2.75) is 0 Å². The lowest BCUT2D eigenvalue weighted by molar-refractivity contribution is 0.0848. The molecule has 0 fully saturated rings. The largest absolute Gasteiger partial charge is 0.377 e. The van der Waals surface area contributed by atoms with Gasteiger partial charge in [-0.3, -0.25) is 4.79 Å². The van der Waals surface area contributed by atoms with Gasteiger partial charge < -0.3 is 4.74 Å². The highest BCUT2D eigenvalue weighted by Crippen LogP contribution is 2.29. The van der Waals surface area contributed by atoms with Gasteiger partial charge in [-0.15, -0.1) is 0 Å². The van der Waals surface area contributed by atoms with Crippen molar-refractivity contribution in [2.75, 3.05) is 13.7 Å². The molecule has 0 saturated carbocycles. The molecule has 2 nitrogen and oxygen atoms in total. The summed E-state index contributed by atoms with van der Waals surface area (Å²) in [6.45, 7) is -0.0452. The van der Waals surface area contributed by atoms with E-state index in [1.165, 1.54) is 19.2 Å². The van der Waals surface area contributed by atoms with E-state index >= 15 is 0 Å². The lowest BCUT2D eigenvalue weighted by Gasteiger charge is -2.05. The van der Waals surface area contributed by atoms with Crippen molar-refractivity contribution in [2.24, 2.45) is 0 Å². The fourth-order valence-electron chi connectivity index (χ4n) is 0.968. The Morgan fingerprint density at radius 2 is 2.00 bits per heavy atom. The molecule has 0 aliphatic heterocycles. The van der Waals surface area contributed by atoms with E-state index in [-0.39, 0.29) is 28.0 Å². The van der Waals surface area contributed by atoms with Crippen LogP contribution in [0.25, 0.3) is 0 Å². The molecule has 0 spiro atoms. The predicted molar refractivity (Wildman–Crippen MR) is 57.7 cm³/mol. The van der Waals surface area contributed by atoms with Gasteiger partial charge in [-0.05, 0) is 12.1 Å². The fourth-order valence-corrected chi connectivity index (χ4v) is 1.68. The zero-order chi connectivity index (χ0) is 10.7. The van der Waals surface area contributed by atoms with Crippen LogP contribution in [-0.4, -0.2) is 19.5 Å². The van der Waals surface area contributed by atoms with Crippen LogP contribution in [0.1, 0.15) is 10.4 Å². The maximum absolute atomic E-state index is 11.4. The molecule has 0 radical (unpaired) electrons. The molecule has 0 atom stereocenters. The first-order chi connectivity index (χ1) is 6.56. The summed E-state index contributed by atoms with van der Waals surface area (Å²) in [6, 6.07) is 2.95. The molecule has 0 unspecified atom stereocenters. The van der Waals surface area contributed by atoms with Crippen molar-refractivity contribution < 1.29 is 9.53 Å². The van der Waals surface area contributed by atoms with E-state index in [4.69, 9.17) is 39.5 Å². The van der Waals surface area contributed by atoms with E-state index in [2.05, 4.69) is 0 Å². The maximum Gasteiger partial charge on any atom is 0.190 e. The number of methoxy groups -OCH3 is 1. The number of ketones is 1. The second kappa shape index (κ2) is 4.99.